The molecule has 2 aromatic rings. The van der Waals surface area contributed by atoms with Crippen LogP contribution in [0.4, 0.5) is 0 Å². The lowest BCUT2D eigenvalue weighted by Crippen LogP contribution is -2.24. The van der Waals surface area contributed by atoms with E-state index in [4.69, 9.17) is 0 Å². The van der Waals surface area contributed by atoms with E-state index in [1.165, 1.54) is 0 Å². The molecule has 0 atom stereocenters. The average molecular weight is 229 g/mol. The molecule has 0 aliphatic carbocycles. The minimum atomic E-state index is -0.0500. The number of hydrogen-bond donors (Lipinski definition) is 0. The molecule has 0 saturated carbocycles. The monoisotopic (exact) mass is 229 g/mol. The van der Waals surface area contributed by atoms with Gasteiger partial charge in [0.2, 0.25) is 0 Å². The van der Waals surface area contributed by atoms with Crippen molar-refractivity contribution < 1.29 is 0 Å². The highest BCUT2D eigenvalue weighted by atomic mass is 15.4. The van der Waals surface area contributed by atoms with Crippen LogP contribution in [0.25, 0.3) is 11.4 Å². The van der Waals surface area contributed by atoms with E-state index in [2.05, 4.69) is 49.9 Å². The number of rotatable bonds is 2. The zero-order chi connectivity index (χ0) is 12.5. The van der Waals surface area contributed by atoms with Crippen LogP contribution in [0.3, 0.4) is 0 Å². The maximum Gasteiger partial charge on any atom is 0.158 e. The maximum absolute atomic E-state index is 4.62. The second kappa shape index (κ2) is 4.32. The standard InChI is InChI=1S/C14H19N3/c1-5-12-15-13(11-9-7-6-8-10-11)17(16-12)14(2,3)4/h6-10H,5H2,1-4H3. The van der Waals surface area contributed by atoms with Gasteiger partial charge in [-0.15, -0.1) is 0 Å². The molecule has 0 amide bonds. The quantitative estimate of drug-likeness (QED) is 0.791. The van der Waals surface area contributed by atoms with E-state index < -0.39 is 0 Å². The minimum Gasteiger partial charge on any atom is -0.240 e. The lowest BCUT2D eigenvalue weighted by atomic mass is 10.1. The van der Waals surface area contributed by atoms with E-state index >= 15 is 0 Å². The second-order valence-corrected chi connectivity index (χ2v) is 5.15. The van der Waals surface area contributed by atoms with Crippen molar-refractivity contribution >= 4 is 0 Å². The van der Waals surface area contributed by atoms with Crippen LogP contribution in [0.15, 0.2) is 30.3 Å². The normalized spacial score (nSPS) is 11.8. The van der Waals surface area contributed by atoms with Crippen LogP contribution < -0.4 is 0 Å². The third-order valence-corrected chi connectivity index (χ3v) is 2.63. The van der Waals surface area contributed by atoms with Gasteiger partial charge in [-0.25, -0.2) is 9.67 Å². The van der Waals surface area contributed by atoms with Crippen molar-refractivity contribution in [1.82, 2.24) is 14.8 Å². The topological polar surface area (TPSA) is 30.7 Å². The summed E-state index contributed by atoms with van der Waals surface area (Å²) in [7, 11) is 0. The zero-order valence-electron chi connectivity index (χ0n) is 10.9. The Morgan fingerprint density at radius 1 is 1.12 bits per heavy atom. The van der Waals surface area contributed by atoms with E-state index in [1.54, 1.807) is 0 Å². The number of aromatic nitrogens is 3. The Hall–Kier alpha value is -1.64. The largest absolute Gasteiger partial charge is 0.240 e. The van der Waals surface area contributed by atoms with Gasteiger partial charge in [0.1, 0.15) is 0 Å². The molecule has 3 heteroatoms. The smallest absolute Gasteiger partial charge is 0.158 e. The molecule has 0 spiro atoms. The van der Waals surface area contributed by atoms with Gasteiger partial charge in [-0.1, -0.05) is 37.3 Å². The Kier molecular flexibility index (Phi) is 3.01. The van der Waals surface area contributed by atoms with E-state index in [0.717, 1.165) is 23.6 Å². The average Bonchev–Trinajstić information content (AvgIpc) is 2.74. The van der Waals surface area contributed by atoms with Crippen molar-refractivity contribution in [2.75, 3.05) is 0 Å². The molecule has 90 valence electrons. The van der Waals surface area contributed by atoms with Crippen molar-refractivity contribution in [3.8, 4) is 11.4 Å². The van der Waals surface area contributed by atoms with Crippen molar-refractivity contribution in [3.05, 3.63) is 36.2 Å². The molecule has 1 aromatic heterocycles. The van der Waals surface area contributed by atoms with Crippen molar-refractivity contribution in [3.63, 3.8) is 0 Å². The summed E-state index contributed by atoms with van der Waals surface area (Å²) in [5, 5.41) is 4.58. The number of hydrogen-bond acceptors (Lipinski definition) is 2. The van der Waals surface area contributed by atoms with Crippen LogP contribution >= 0.6 is 0 Å². The summed E-state index contributed by atoms with van der Waals surface area (Å²) >= 11 is 0. The third-order valence-electron chi connectivity index (χ3n) is 2.63. The summed E-state index contributed by atoms with van der Waals surface area (Å²) in [6, 6.07) is 10.2. The fourth-order valence-corrected chi connectivity index (χ4v) is 1.75. The van der Waals surface area contributed by atoms with Gasteiger partial charge in [0.05, 0.1) is 5.54 Å². The molecule has 0 unspecified atom stereocenters. The molecule has 2 rings (SSSR count). The first-order chi connectivity index (χ1) is 8.02. The SMILES string of the molecule is CCc1nc(-c2ccccc2)n(C(C)(C)C)n1. The Morgan fingerprint density at radius 2 is 1.76 bits per heavy atom. The van der Waals surface area contributed by atoms with Crippen LogP contribution in [0, 0.1) is 0 Å². The summed E-state index contributed by atoms with van der Waals surface area (Å²) in [4.78, 5) is 4.62. The molecule has 0 bridgehead atoms. The summed E-state index contributed by atoms with van der Waals surface area (Å²) in [5.74, 6) is 1.86. The van der Waals surface area contributed by atoms with E-state index in [-0.39, 0.29) is 5.54 Å². The molecule has 0 aliphatic heterocycles. The summed E-state index contributed by atoms with van der Waals surface area (Å²) in [6.45, 7) is 8.52. The first-order valence-electron chi connectivity index (χ1n) is 6.04. The van der Waals surface area contributed by atoms with Crippen LogP contribution in [0.1, 0.15) is 33.5 Å². The highest BCUT2D eigenvalue weighted by Crippen LogP contribution is 2.23. The molecule has 0 fully saturated rings. The maximum atomic E-state index is 4.62. The van der Waals surface area contributed by atoms with Crippen molar-refractivity contribution in [2.45, 2.75) is 39.7 Å². The molecule has 17 heavy (non-hydrogen) atoms. The molecular weight excluding hydrogens is 210 g/mol. The molecular formula is C14H19N3. The number of aryl methyl sites for hydroxylation is 1. The summed E-state index contributed by atoms with van der Waals surface area (Å²) in [6.07, 6.45) is 0.864. The van der Waals surface area contributed by atoms with Crippen LogP contribution in [0.2, 0.25) is 0 Å². The molecule has 0 N–H and O–H groups in total. The summed E-state index contributed by atoms with van der Waals surface area (Å²) in [5.41, 5.74) is 1.07. The summed E-state index contributed by atoms with van der Waals surface area (Å²) < 4.78 is 2.02. The molecule has 3 nitrogen and oxygen atoms in total. The lowest BCUT2D eigenvalue weighted by molar-refractivity contribution is 0.357. The van der Waals surface area contributed by atoms with Gasteiger partial charge in [-0.2, -0.15) is 5.10 Å². The van der Waals surface area contributed by atoms with Gasteiger partial charge >= 0.3 is 0 Å². The Labute approximate surface area is 103 Å². The molecule has 1 aromatic carbocycles. The van der Waals surface area contributed by atoms with Crippen LogP contribution in [0.5, 0.6) is 0 Å². The fourth-order valence-electron chi connectivity index (χ4n) is 1.75. The first-order valence-corrected chi connectivity index (χ1v) is 6.04. The molecule has 0 aliphatic rings. The zero-order valence-corrected chi connectivity index (χ0v) is 10.9. The Bertz CT molecular complexity index is 492. The van der Waals surface area contributed by atoms with Gasteiger partial charge < -0.3 is 0 Å². The van der Waals surface area contributed by atoms with Gasteiger partial charge in [0.25, 0.3) is 0 Å². The van der Waals surface area contributed by atoms with Crippen LogP contribution in [-0.4, -0.2) is 14.8 Å². The van der Waals surface area contributed by atoms with Gasteiger partial charge in [0.15, 0.2) is 11.6 Å². The Morgan fingerprint density at radius 3 is 2.29 bits per heavy atom. The van der Waals surface area contributed by atoms with Gasteiger partial charge in [-0.05, 0) is 20.8 Å². The highest BCUT2D eigenvalue weighted by molar-refractivity contribution is 5.55. The number of nitrogens with zero attached hydrogens (tertiary/aromatic N) is 3. The second-order valence-electron chi connectivity index (χ2n) is 5.15. The molecule has 0 saturated heterocycles. The van der Waals surface area contributed by atoms with E-state index in [1.807, 2.05) is 22.9 Å². The fraction of sp³-hybridized carbons (Fsp3) is 0.429. The van der Waals surface area contributed by atoms with E-state index in [9.17, 15) is 0 Å². The number of benzene rings is 1. The molecule has 0 radical (unpaired) electrons. The predicted octanol–water partition coefficient (Wildman–Crippen LogP) is 3.26. The van der Waals surface area contributed by atoms with Gasteiger partial charge in [0, 0.05) is 12.0 Å². The lowest BCUT2D eigenvalue weighted by Gasteiger charge is -2.21. The highest BCUT2D eigenvalue weighted by Gasteiger charge is 2.21. The molecule has 1 heterocycles. The Balaban J connectivity index is 2.57. The van der Waals surface area contributed by atoms with Crippen LogP contribution in [-0.2, 0) is 12.0 Å². The van der Waals surface area contributed by atoms with Crippen molar-refractivity contribution in [2.24, 2.45) is 0 Å². The third kappa shape index (κ3) is 2.38. The minimum absolute atomic E-state index is 0.0500. The first kappa shape index (κ1) is 11.8. The van der Waals surface area contributed by atoms with E-state index in [0.29, 0.717) is 0 Å². The van der Waals surface area contributed by atoms with Crippen molar-refractivity contribution in [1.29, 1.82) is 0 Å². The predicted molar refractivity (Wildman–Crippen MR) is 69.8 cm³/mol. The van der Waals surface area contributed by atoms with Gasteiger partial charge in [-0.3, -0.25) is 0 Å².